The minimum atomic E-state index is -0.533. The Morgan fingerprint density at radius 1 is 1.37 bits per heavy atom. The van der Waals surface area contributed by atoms with Crippen LogP contribution in [0.2, 0.25) is 0 Å². The van der Waals surface area contributed by atoms with Crippen LogP contribution in [0.5, 0.6) is 0 Å². The van der Waals surface area contributed by atoms with Crippen LogP contribution in [0.15, 0.2) is 30.3 Å². The standard InChI is InChI=1S/C15H22BrNO2/c1-15(2,12-7-5-4-6-8-12)14(18)17-13(11-16)9-10-19-3/h4-8,13H,9-11H2,1-3H3,(H,17,18). The molecule has 0 aliphatic carbocycles. The second-order valence-electron chi connectivity index (χ2n) is 5.10. The van der Waals surface area contributed by atoms with Gasteiger partial charge >= 0.3 is 0 Å². The molecule has 3 nitrogen and oxygen atoms in total. The predicted octanol–water partition coefficient (Wildman–Crippen LogP) is 2.88. The lowest BCUT2D eigenvalue weighted by atomic mass is 9.83. The Labute approximate surface area is 123 Å². The third kappa shape index (κ3) is 4.62. The van der Waals surface area contributed by atoms with Crippen molar-refractivity contribution in [3.8, 4) is 0 Å². The summed E-state index contributed by atoms with van der Waals surface area (Å²) < 4.78 is 5.05. The Bertz CT molecular complexity index is 392. The Hall–Kier alpha value is -0.870. The van der Waals surface area contributed by atoms with Crippen LogP contribution in [0, 0.1) is 0 Å². The Balaban J connectivity index is 2.70. The Kier molecular flexibility index (Phi) is 6.52. The van der Waals surface area contributed by atoms with Crippen LogP contribution in [0.3, 0.4) is 0 Å². The molecule has 19 heavy (non-hydrogen) atoms. The zero-order valence-corrected chi connectivity index (χ0v) is 13.4. The topological polar surface area (TPSA) is 38.3 Å². The largest absolute Gasteiger partial charge is 0.385 e. The minimum Gasteiger partial charge on any atom is -0.385 e. The Morgan fingerprint density at radius 2 is 2.00 bits per heavy atom. The molecule has 1 N–H and O–H groups in total. The molecule has 1 unspecified atom stereocenters. The van der Waals surface area contributed by atoms with E-state index in [-0.39, 0.29) is 11.9 Å². The highest BCUT2D eigenvalue weighted by Crippen LogP contribution is 2.23. The van der Waals surface area contributed by atoms with Gasteiger partial charge in [-0.3, -0.25) is 4.79 Å². The van der Waals surface area contributed by atoms with E-state index in [4.69, 9.17) is 4.74 Å². The maximum Gasteiger partial charge on any atom is 0.230 e. The van der Waals surface area contributed by atoms with Gasteiger partial charge in [-0.25, -0.2) is 0 Å². The number of amides is 1. The molecule has 106 valence electrons. The molecule has 0 bridgehead atoms. The molecule has 0 aromatic heterocycles. The van der Waals surface area contributed by atoms with Crippen molar-refractivity contribution >= 4 is 21.8 Å². The molecule has 1 aromatic rings. The van der Waals surface area contributed by atoms with Crippen LogP contribution < -0.4 is 5.32 Å². The van der Waals surface area contributed by atoms with E-state index in [2.05, 4.69) is 21.2 Å². The van der Waals surface area contributed by atoms with Crippen molar-refractivity contribution in [3.63, 3.8) is 0 Å². The first-order valence-corrected chi connectivity index (χ1v) is 7.56. The fourth-order valence-corrected chi connectivity index (χ4v) is 2.29. The summed E-state index contributed by atoms with van der Waals surface area (Å²) in [5.41, 5.74) is 0.488. The maximum absolute atomic E-state index is 12.4. The smallest absolute Gasteiger partial charge is 0.230 e. The number of carbonyl (C=O) groups is 1. The summed E-state index contributed by atoms with van der Waals surface area (Å²) in [6.45, 7) is 4.53. The van der Waals surface area contributed by atoms with Crippen molar-refractivity contribution in [2.75, 3.05) is 19.0 Å². The summed E-state index contributed by atoms with van der Waals surface area (Å²) in [6.07, 6.45) is 0.804. The molecule has 0 saturated heterocycles. The lowest BCUT2D eigenvalue weighted by Crippen LogP contribution is -2.46. The molecule has 0 radical (unpaired) electrons. The lowest BCUT2D eigenvalue weighted by molar-refractivity contribution is -0.126. The van der Waals surface area contributed by atoms with Crippen LogP contribution in [0.1, 0.15) is 25.8 Å². The van der Waals surface area contributed by atoms with Crippen LogP contribution in [-0.2, 0) is 14.9 Å². The monoisotopic (exact) mass is 327 g/mol. The first-order chi connectivity index (χ1) is 9.02. The third-order valence-corrected chi connectivity index (χ3v) is 4.04. The summed E-state index contributed by atoms with van der Waals surface area (Å²) in [6, 6.07) is 9.93. The summed E-state index contributed by atoms with van der Waals surface area (Å²) in [5, 5.41) is 3.80. The van der Waals surface area contributed by atoms with Crippen molar-refractivity contribution in [2.24, 2.45) is 0 Å². The van der Waals surface area contributed by atoms with E-state index in [1.165, 1.54) is 0 Å². The molecule has 0 fully saturated rings. The van der Waals surface area contributed by atoms with E-state index < -0.39 is 5.41 Å². The number of hydrogen-bond acceptors (Lipinski definition) is 2. The number of ether oxygens (including phenoxy) is 1. The Morgan fingerprint density at radius 3 is 2.53 bits per heavy atom. The third-order valence-electron chi connectivity index (χ3n) is 3.26. The second kappa shape index (κ2) is 7.65. The van der Waals surface area contributed by atoms with E-state index in [9.17, 15) is 4.79 Å². The molecular formula is C15H22BrNO2. The molecule has 1 amide bonds. The number of halogens is 1. The molecule has 0 heterocycles. The fourth-order valence-electron chi connectivity index (χ4n) is 1.80. The van der Waals surface area contributed by atoms with Gasteiger partial charge < -0.3 is 10.1 Å². The summed E-state index contributed by atoms with van der Waals surface area (Å²) in [7, 11) is 1.67. The molecule has 1 rings (SSSR count). The molecule has 0 aliphatic rings. The van der Waals surface area contributed by atoms with Crippen molar-refractivity contribution in [1.29, 1.82) is 0 Å². The summed E-state index contributed by atoms with van der Waals surface area (Å²) in [4.78, 5) is 12.4. The van der Waals surface area contributed by atoms with Gasteiger partial charge in [0, 0.05) is 25.1 Å². The van der Waals surface area contributed by atoms with Crippen LogP contribution in [0.4, 0.5) is 0 Å². The van der Waals surface area contributed by atoms with E-state index in [1.54, 1.807) is 7.11 Å². The van der Waals surface area contributed by atoms with E-state index in [0.29, 0.717) is 6.61 Å². The zero-order valence-electron chi connectivity index (χ0n) is 11.8. The predicted molar refractivity (Wildman–Crippen MR) is 81.7 cm³/mol. The van der Waals surface area contributed by atoms with E-state index in [0.717, 1.165) is 17.3 Å². The van der Waals surface area contributed by atoms with E-state index in [1.807, 2.05) is 44.2 Å². The molecule has 1 atom stereocenters. The van der Waals surface area contributed by atoms with Crippen LogP contribution >= 0.6 is 15.9 Å². The molecule has 4 heteroatoms. The van der Waals surface area contributed by atoms with Crippen molar-refractivity contribution in [1.82, 2.24) is 5.32 Å². The second-order valence-corrected chi connectivity index (χ2v) is 5.74. The average molecular weight is 328 g/mol. The van der Waals surface area contributed by atoms with Crippen LogP contribution in [-0.4, -0.2) is 31.0 Å². The number of rotatable bonds is 7. The number of hydrogen-bond donors (Lipinski definition) is 1. The molecule has 0 spiro atoms. The molecular weight excluding hydrogens is 306 g/mol. The SMILES string of the molecule is COCCC(CBr)NC(=O)C(C)(C)c1ccccc1. The zero-order chi connectivity index (χ0) is 14.3. The van der Waals surface area contributed by atoms with Crippen molar-refractivity contribution in [3.05, 3.63) is 35.9 Å². The number of benzene rings is 1. The lowest BCUT2D eigenvalue weighted by Gasteiger charge is -2.27. The highest BCUT2D eigenvalue weighted by molar-refractivity contribution is 9.09. The first-order valence-electron chi connectivity index (χ1n) is 6.43. The van der Waals surface area contributed by atoms with Gasteiger partial charge in [-0.15, -0.1) is 0 Å². The van der Waals surface area contributed by atoms with Gasteiger partial charge in [-0.1, -0.05) is 46.3 Å². The summed E-state index contributed by atoms with van der Waals surface area (Å²) >= 11 is 3.43. The molecule has 0 aliphatic heterocycles. The van der Waals surface area contributed by atoms with Crippen LogP contribution in [0.25, 0.3) is 0 Å². The highest BCUT2D eigenvalue weighted by atomic mass is 79.9. The normalized spacial score (nSPS) is 13.1. The van der Waals surface area contributed by atoms with E-state index >= 15 is 0 Å². The van der Waals surface area contributed by atoms with Gasteiger partial charge in [0.25, 0.3) is 0 Å². The average Bonchev–Trinajstić information content (AvgIpc) is 2.44. The number of alkyl halides is 1. The number of methoxy groups -OCH3 is 1. The maximum atomic E-state index is 12.4. The molecule has 0 saturated carbocycles. The van der Waals surface area contributed by atoms with Crippen molar-refractivity contribution < 1.29 is 9.53 Å². The highest BCUT2D eigenvalue weighted by Gasteiger charge is 2.30. The van der Waals surface area contributed by atoms with Crippen molar-refractivity contribution in [2.45, 2.75) is 31.7 Å². The van der Waals surface area contributed by atoms with Gasteiger partial charge in [0.05, 0.1) is 5.41 Å². The van der Waals surface area contributed by atoms with Gasteiger partial charge in [0.15, 0.2) is 0 Å². The fraction of sp³-hybridized carbons (Fsp3) is 0.533. The summed E-state index contributed by atoms with van der Waals surface area (Å²) in [5.74, 6) is 0.0410. The van der Waals surface area contributed by atoms with Gasteiger partial charge in [-0.2, -0.15) is 0 Å². The van der Waals surface area contributed by atoms with Gasteiger partial charge in [-0.05, 0) is 25.8 Å². The van der Waals surface area contributed by atoms with Gasteiger partial charge in [0.1, 0.15) is 0 Å². The number of carbonyl (C=O) groups excluding carboxylic acids is 1. The molecule has 1 aromatic carbocycles. The van der Waals surface area contributed by atoms with Gasteiger partial charge in [0.2, 0.25) is 5.91 Å². The first kappa shape index (κ1) is 16.2. The number of nitrogens with one attached hydrogen (secondary N) is 1. The minimum absolute atomic E-state index is 0.0410. The quantitative estimate of drug-likeness (QED) is 0.782.